The topological polar surface area (TPSA) is 72.2 Å². The zero-order valence-corrected chi connectivity index (χ0v) is 15.7. The van der Waals surface area contributed by atoms with Gasteiger partial charge in [-0.25, -0.2) is 8.42 Å². The Hall–Kier alpha value is -2.45. The third-order valence-electron chi connectivity index (χ3n) is 3.42. The molecule has 0 unspecified atom stereocenters. The Morgan fingerprint density at radius 2 is 1.68 bits per heavy atom. The molecule has 2 aromatic carbocycles. The number of rotatable bonds is 5. The maximum absolute atomic E-state index is 12.2. The SMILES string of the molecule is CC(C)(C)C#Cc1ccc(CCS(=O)(=O)Nc2ccccc2N)cc1. The Labute approximate surface area is 150 Å². The molecule has 2 rings (SSSR count). The highest BCUT2D eigenvalue weighted by Crippen LogP contribution is 2.18. The van der Waals surface area contributed by atoms with E-state index in [0.29, 0.717) is 17.8 Å². The molecule has 2 aromatic rings. The molecular formula is C20H24N2O2S. The fourth-order valence-corrected chi connectivity index (χ4v) is 3.20. The zero-order chi connectivity index (χ0) is 18.5. The first-order valence-electron chi connectivity index (χ1n) is 8.12. The van der Waals surface area contributed by atoms with Crippen molar-refractivity contribution in [1.29, 1.82) is 0 Å². The van der Waals surface area contributed by atoms with Crippen molar-refractivity contribution in [1.82, 2.24) is 0 Å². The number of hydrogen-bond donors (Lipinski definition) is 2. The van der Waals surface area contributed by atoms with Gasteiger partial charge in [0.2, 0.25) is 10.0 Å². The van der Waals surface area contributed by atoms with Crippen LogP contribution in [0.3, 0.4) is 0 Å². The van der Waals surface area contributed by atoms with Crippen molar-refractivity contribution in [2.75, 3.05) is 16.2 Å². The number of sulfonamides is 1. The molecule has 132 valence electrons. The van der Waals surface area contributed by atoms with Crippen LogP contribution >= 0.6 is 0 Å². The van der Waals surface area contributed by atoms with Gasteiger partial charge in [0.05, 0.1) is 17.1 Å². The highest BCUT2D eigenvalue weighted by Gasteiger charge is 2.12. The molecular weight excluding hydrogens is 332 g/mol. The molecule has 5 heteroatoms. The first kappa shape index (κ1) is 18.9. The molecule has 0 fully saturated rings. The van der Waals surface area contributed by atoms with Crippen molar-refractivity contribution < 1.29 is 8.42 Å². The van der Waals surface area contributed by atoms with Crippen LogP contribution in [0.2, 0.25) is 0 Å². The van der Waals surface area contributed by atoms with E-state index >= 15 is 0 Å². The Balaban J connectivity index is 1.98. The lowest BCUT2D eigenvalue weighted by Crippen LogP contribution is -2.19. The predicted octanol–water partition coefficient (Wildman–Crippen LogP) is 3.65. The maximum Gasteiger partial charge on any atom is 0.233 e. The lowest BCUT2D eigenvalue weighted by Gasteiger charge is -2.10. The Kier molecular flexibility index (Phi) is 5.76. The molecule has 0 heterocycles. The molecule has 0 saturated heterocycles. The van der Waals surface area contributed by atoms with Gasteiger partial charge >= 0.3 is 0 Å². The fourth-order valence-electron chi connectivity index (χ4n) is 2.08. The lowest BCUT2D eigenvalue weighted by molar-refractivity contribution is 0.571. The summed E-state index contributed by atoms with van der Waals surface area (Å²) in [6.45, 7) is 6.18. The molecule has 3 N–H and O–H groups in total. The van der Waals surface area contributed by atoms with E-state index in [9.17, 15) is 8.42 Å². The second-order valence-corrected chi connectivity index (χ2v) is 8.80. The average molecular weight is 356 g/mol. The number of nitrogen functional groups attached to an aromatic ring is 1. The summed E-state index contributed by atoms with van der Waals surface area (Å²) < 4.78 is 27.0. The van der Waals surface area contributed by atoms with E-state index in [4.69, 9.17) is 5.73 Å². The number of nitrogens with two attached hydrogens (primary N) is 1. The van der Waals surface area contributed by atoms with Crippen LogP contribution in [-0.2, 0) is 16.4 Å². The summed E-state index contributed by atoms with van der Waals surface area (Å²) in [6, 6.07) is 14.5. The van der Waals surface area contributed by atoms with E-state index < -0.39 is 10.0 Å². The first-order valence-corrected chi connectivity index (χ1v) is 9.77. The van der Waals surface area contributed by atoms with Crippen LogP contribution in [0.1, 0.15) is 31.9 Å². The van der Waals surface area contributed by atoms with Crippen LogP contribution in [0.25, 0.3) is 0 Å². The monoisotopic (exact) mass is 356 g/mol. The van der Waals surface area contributed by atoms with Crippen LogP contribution in [-0.4, -0.2) is 14.2 Å². The molecule has 0 aliphatic carbocycles. The Bertz CT molecular complexity index is 884. The average Bonchev–Trinajstić information content (AvgIpc) is 2.53. The van der Waals surface area contributed by atoms with Crippen LogP contribution < -0.4 is 10.5 Å². The molecule has 0 bridgehead atoms. The van der Waals surface area contributed by atoms with Gasteiger partial charge in [-0.05, 0) is 57.0 Å². The van der Waals surface area contributed by atoms with E-state index in [1.165, 1.54) is 0 Å². The van der Waals surface area contributed by atoms with E-state index in [1.807, 2.05) is 24.3 Å². The van der Waals surface area contributed by atoms with Gasteiger partial charge in [-0.1, -0.05) is 36.1 Å². The second-order valence-electron chi connectivity index (χ2n) is 6.96. The molecule has 0 radical (unpaired) electrons. The summed E-state index contributed by atoms with van der Waals surface area (Å²) in [5, 5.41) is 0. The van der Waals surface area contributed by atoms with Gasteiger partial charge in [0.25, 0.3) is 0 Å². The summed E-state index contributed by atoms with van der Waals surface area (Å²) in [7, 11) is -3.45. The van der Waals surface area contributed by atoms with Gasteiger partial charge in [-0.2, -0.15) is 0 Å². The van der Waals surface area contributed by atoms with Crippen LogP contribution in [0.15, 0.2) is 48.5 Å². The summed E-state index contributed by atoms with van der Waals surface area (Å²) in [5.74, 6) is 6.30. The van der Waals surface area contributed by atoms with Crippen LogP contribution in [0.5, 0.6) is 0 Å². The van der Waals surface area contributed by atoms with Gasteiger partial charge in [0.15, 0.2) is 0 Å². The molecule has 0 aliphatic heterocycles. The van der Waals surface area contributed by atoms with Crippen LogP contribution in [0, 0.1) is 17.3 Å². The number of benzene rings is 2. The van der Waals surface area contributed by atoms with E-state index in [0.717, 1.165) is 11.1 Å². The minimum Gasteiger partial charge on any atom is -0.397 e. The van der Waals surface area contributed by atoms with Crippen molar-refractivity contribution in [3.05, 3.63) is 59.7 Å². The molecule has 0 spiro atoms. The number of anilines is 2. The Morgan fingerprint density at radius 1 is 1.04 bits per heavy atom. The quantitative estimate of drug-likeness (QED) is 0.634. The molecule has 4 nitrogen and oxygen atoms in total. The first-order chi connectivity index (χ1) is 11.6. The highest BCUT2D eigenvalue weighted by molar-refractivity contribution is 7.92. The minimum absolute atomic E-state index is 0.00560. The van der Waals surface area contributed by atoms with Gasteiger partial charge < -0.3 is 5.73 Å². The minimum atomic E-state index is -3.45. The largest absolute Gasteiger partial charge is 0.397 e. The van der Waals surface area contributed by atoms with Crippen LogP contribution in [0.4, 0.5) is 11.4 Å². The zero-order valence-electron chi connectivity index (χ0n) is 14.8. The summed E-state index contributed by atoms with van der Waals surface area (Å²) in [4.78, 5) is 0. The van der Waals surface area contributed by atoms with Crippen molar-refractivity contribution >= 4 is 21.4 Å². The summed E-state index contributed by atoms with van der Waals surface area (Å²) >= 11 is 0. The highest BCUT2D eigenvalue weighted by atomic mass is 32.2. The van der Waals surface area contributed by atoms with Gasteiger partial charge in [-0.3, -0.25) is 4.72 Å². The standard InChI is InChI=1S/C20H24N2O2S/c1-20(2,3)14-12-16-8-10-17(11-9-16)13-15-25(23,24)22-19-7-5-4-6-18(19)21/h4-11,22H,13,15,21H2,1-3H3. The number of nitrogens with one attached hydrogen (secondary N) is 1. The van der Waals surface area contributed by atoms with E-state index in [-0.39, 0.29) is 11.2 Å². The lowest BCUT2D eigenvalue weighted by atomic mass is 9.97. The van der Waals surface area contributed by atoms with Crippen molar-refractivity contribution in [3.63, 3.8) is 0 Å². The number of para-hydroxylation sites is 2. The van der Waals surface area contributed by atoms with E-state index in [2.05, 4.69) is 37.3 Å². The Morgan fingerprint density at radius 3 is 2.28 bits per heavy atom. The number of hydrogen-bond acceptors (Lipinski definition) is 3. The molecule has 0 aliphatic rings. The third-order valence-corrected chi connectivity index (χ3v) is 4.69. The summed E-state index contributed by atoms with van der Waals surface area (Å²) in [6.07, 6.45) is 0.426. The smallest absolute Gasteiger partial charge is 0.233 e. The van der Waals surface area contributed by atoms with Crippen molar-refractivity contribution in [2.45, 2.75) is 27.2 Å². The maximum atomic E-state index is 12.2. The molecule has 0 amide bonds. The summed E-state index contributed by atoms with van der Waals surface area (Å²) in [5.41, 5.74) is 8.43. The molecule has 25 heavy (non-hydrogen) atoms. The molecule has 0 saturated carbocycles. The molecule has 0 atom stereocenters. The van der Waals surface area contributed by atoms with E-state index in [1.54, 1.807) is 24.3 Å². The van der Waals surface area contributed by atoms with Gasteiger partial charge in [-0.15, -0.1) is 0 Å². The fraction of sp³-hybridized carbons (Fsp3) is 0.300. The van der Waals surface area contributed by atoms with Gasteiger partial charge in [0.1, 0.15) is 0 Å². The van der Waals surface area contributed by atoms with Crippen molar-refractivity contribution in [3.8, 4) is 11.8 Å². The van der Waals surface area contributed by atoms with Gasteiger partial charge in [0, 0.05) is 11.0 Å². The normalized spacial score (nSPS) is 11.5. The predicted molar refractivity (Wildman–Crippen MR) is 105 cm³/mol. The number of aryl methyl sites for hydroxylation is 1. The van der Waals surface area contributed by atoms with Crippen molar-refractivity contribution in [2.24, 2.45) is 5.41 Å². The third kappa shape index (κ3) is 6.52. The second kappa shape index (κ2) is 7.62. The molecule has 0 aromatic heterocycles.